The molecule has 9 atom stereocenters. The molecule has 0 spiro atoms. The first-order valence-electron chi connectivity index (χ1n) is 20.1. The average Bonchev–Trinajstić information content (AvgIpc) is 3.46. The van der Waals surface area contributed by atoms with Gasteiger partial charge in [0.1, 0.15) is 30.0 Å². The fourth-order valence-electron chi connectivity index (χ4n) is 7.61. The fourth-order valence-corrected chi connectivity index (χ4v) is 7.61. The Hall–Kier alpha value is -5.12. The Morgan fingerprint density at radius 1 is 0.949 bits per heavy atom. The monoisotopic (exact) mass is 824 g/mol. The van der Waals surface area contributed by atoms with Crippen molar-refractivity contribution in [3.8, 4) is 23.0 Å². The number of allylic oxidation sites excluding steroid dienone is 2. The van der Waals surface area contributed by atoms with E-state index in [0.29, 0.717) is 6.42 Å². The molecule has 3 heterocycles. The Morgan fingerprint density at radius 3 is 2.29 bits per heavy atom. The lowest BCUT2D eigenvalue weighted by atomic mass is 9.78. The number of carbonyl (C=O) groups is 3. The largest absolute Gasteiger partial charge is 0.507 e. The molecule has 0 radical (unpaired) electrons. The summed E-state index contributed by atoms with van der Waals surface area (Å²) in [7, 11) is 1.43. The average molecular weight is 825 g/mol. The van der Waals surface area contributed by atoms with Crippen LogP contribution in [0.15, 0.2) is 41.3 Å². The molecule has 5 bridgehead atoms. The zero-order valence-electron chi connectivity index (χ0n) is 35.6. The van der Waals surface area contributed by atoms with E-state index in [0.717, 1.165) is 25.5 Å². The van der Waals surface area contributed by atoms with Crippen LogP contribution in [0, 0.1) is 30.6 Å². The highest BCUT2D eigenvalue weighted by molar-refractivity contribution is 6.23. The molecule has 15 heteroatoms. The van der Waals surface area contributed by atoms with Gasteiger partial charge in [-0.2, -0.15) is 0 Å². The Kier molecular flexibility index (Phi) is 15.6. The quantitative estimate of drug-likeness (QED) is 0.0388. The van der Waals surface area contributed by atoms with Crippen LogP contribution in [-0.2, 0) is 28.6 Å². The molecule has 59 heavy (non-hydrogen) atoms. The third-order valence-electron chi connectivity index (χ3n) is 11.4. The minimum atomic E-state index is -2.05. The number of esters is 1. The highest BCUT2D eigenvalue weighted by Crippen LogP contribution is 2.55. The van der Waals surface area contributed by atoms with Gasteiger partial charge in [0.15, 0.2) is 5.75 Å². The summed E-state index contributed by atoms with van der Waals surface area (Å²) in [5.74, 6) is -8.56. The van der Waals surface area contributed by atoms with Gasteiger partial charge >= 0.3 is 11.8 Å². The van der Waals surface area contributed by atoms with E-state index in [9.17, 15) is 39.9 Å². The van der Waals surface area contributed by atoms with Gasteiger partial charge in [0, 0.05) is 61.2 Å². The number of hydrogen-bond acceptors (Lipinski definition) is 14. The van der Waals surface area contributed by atoms with Gasteiger partial charge < -0.3 is 54.6 Å². The van der Waals surface area contributed by atoms with Gasteiger partial charge in [-0.05, 0) is 32.8 Å². The molecule has 0 saturated heterocycles. The van der Waals surface area contributed by atoms with E-state index in [1.807, 2.05) is 0 Å². The van der Waals surface area contributed by atoms with Gasteiger partial charge in [-0.25, -0.2) is 0 Å². The number of nitrogens with one attached hydrogen (secondary N) is 1. The van der Waals surface area contributed by atoms with Crippen LogP contribution < -0.4 is 10.1 Å². The van der Waals surface area contributed by atoms with Gasteiger partial charge in [0.2, 0.25) is 0 Å². The van der Waals surface area contributed by atoms with Crippen LogP contribution in [0.25, 0.3) is 10.8 Å². The number of aromatic hydroxyl groups is 3. The zero-order chi connectivity index (χ0) is 43.9. The first kappa shape index (κ1) is 46.6. The summed E-state index contributed by atoms with van der Waals surface area (Å²) in [4.78, 5) is 45.8. The van der Waals surface area contributed by atoms with Gasteiger partial charge in [-0.1, -0.05) is 70.8 Å². The molecule has 3 aliphatic heterocycles. The molecule has 324 valence electrons. The lowest BCUT2D eigenvalue weighted by Crippen LogP contribution is -2.46. The minimum absolute atomic E-state index is 0.0402. The van der Waals surface area contributed by atoms with E-state index in [1.165, 1.54) is 53.2 Å². The molecule has 3 aliphatic rings. The maximum atomic E-state index is 14.4. The summed E-state index contributed by atoms with van der Waals surface area (Å²) in [5, 5.41) is 64.1. The van der Waals surface area contributed by atoms with E-state index >= 15 is 0 Å². The number of hydrogen-bond donors (Lipinski definition) is 6. The number of ketones is 1. The molecule has 2 aromatic rings. The number of anilines is 1. The number of methoxy groups -OCH3 is 1. The molecule has 2 aromatic carbocycles. The number of phenols is 3. The van der Waals surface area contributed by atoms with E-state index in [2.05, 4.69) is 17.4 Å². The Morgan fingerprint density at radius 2 is 1.64 bits per heavy atom. The predicted molar refractivity (Wildman–Crippen MR) is 222 cm³/mol. The number of nitrogens with zero attached hydrogens (tertiary/aromatic N) is 1. The van der Waals surface area contributed by atoms with Crippen LogP contribution in [0.2, 0.25) is 0 Å². The third-order valence-corrected chi connectivity index (χ3v) is 11.4. The van der Waals surface area contributed by atoms with Crippen molar-refractivity contribution in [3.63, 3.8) is 0 Å². The third kappa shape index (κ3) is 9.85. The van der Waals surface area contributed by atoms with E-state index in [-0.39, 0.29) is 51.1 Å². The Labute approximate surface area is 345 Å². The van der Waals surface area contributed by atoms with Gasteiger partial charge in [-0.15, -0.1) is 0 Å². The van der Waals surface area contributed by atoms with Crippen LogP contribution in [0.4, 0.5) is 5.69 Å². The number of rotatable bonds is 9. The molecule has 0 unspecified atom stereocenters. The van der Waals surface area contributed by atoms with Crippen molar-refractivity contribution < 1.29 is 63.7 Å². The lowest BCUT2D eigenvalue weighted by molar-refractivity contribution is -0.160. The number of aliphatic hydroxyl groups excluding tert-OH is 2. The second-order valence-electron chi connectivity index (χ2n) is 15.7. The highest BCUT2D eigenvalue weighted by Gasteiger charge is 2.50. The summed E-state index contributed by atoms with van der Waals surface area (Å²) in [6, 6.07) is 0. The molecule has 15 nitrogen and oxygen atoms in total. The summed E-state index contributed by atoms with van der Waals surface area (Å²) < 4.78 is 23.5. The summed E-state index contributed by atoms with van der Waals surface area (Å²) >= 11 is 0. The number of oxime groups is 1. The van der Waals surface area contributed by atoms with Crippen molar-refractivity contribution >= 4 is 40.3 Å². The standard InChI is InChI=1S/C44H60N2O13/c1-11-12-13-14-19-57-45-21-29-34-39(52)32-31(38(29)51)33-41(27(7)37(32)50)59-44(9,42(33)53)56-20-18-30(55-10)24(4)40(58-28(8)47)26(6)36(49)25(5)35(48)22(2)16-15-17-23(3)43(54)46-34/h15-18,20-22,24-26,30,35-36,40,48-52H,11-14,19H2,1-10H3,(H,46,54)/t22-,24-,25+,26+,30-,35-,36+,40-,44-/m0/s1. The van der Waals surface area contributed by atoms with Gasteiger partial charge in [0.25, 0.3) is 11.7 Å². The number of carbonyl (C=O) groups excluding carboxylic acids is 3. The summed E-state index contributed by atoms with van der Waals surface area (Å²) in [6.45, 7) is 14.8. The topological polar surface area (TPSA) is 223 Å². The number of fused-ring (bicyclic) bond motifs is 14. The van der Waals surface area contributed by atoms with Crippen molar-refractivity contribution in [2.45, 2.75) is 118 Å². The second kappa shape index (κ2) is 19.8. The number of amides is 1. The number of phenolic OH excluding ortho intramolecular Hbond substituents is 3. The molecular weight excluding hydrogens is 764 g/mol. The molecule has 5 rings (SSSR count). The molecule has 0 saturated carbocycles. The van der Waals surface area contributed by atoms with Crippen LogP contribution in [0.1, 0.15) is 103 Å². The molecule has 1 amide bonds. The zero-order valence-corrected chi connectivity index (χ0v) is 35.6. The summed E-state index contributed by atoms with van der Waals surface area (Å²) in [6.07, 6.45) is 8.25. The van der Waals surface area contributed by atoms with Crippen LogP contribution >= 0.6 is 0 Å². The lowest BCUT2D eigenvalue weighted by Gasteiger charge is -2.38. The van der Waals surface area contributed by atoms with Crippen LogP contribution in [0.3, 0.4) is 0 Å². The first-order valence-corrected chi connectivity index (χ1v) is 20.1. The number of aliphatic hydroxyl groups is 2. The number of Topliss-reactive ketones (excluding diaryl/α,β-unsaturated/α-hetero) is 1. The molecule has 0 aromatic heterocycles. The van der Waals surface area contributed by atoms with Crippen molar-refractivity contribution in [2.75, 3.05) is 19.0 Å². The number of unbranched alkanes of at least 4 members (excludes halogenated alkanes) is 3. The van der Waals surface area contributed by atoms with E-state index in [4.69, 9.17) is 23.8 Å². The van der Waals surface area contributed by atoms with Crippen molar-refractivity contribution in [1.82, 2.24) is 0 Å². The molecular formula is C44H60N2O13. The van der Waals surface area contributed by atoms with Crippen molar-refractivity contribution in [3.05, 3.63) is 52.8 Å². The van der Waals surface area contributed by atoms with Gasteiger partial charge in [-0.3, -0.25) is 14.4 Å². The SMILES string of the molecule is CCCCCCON=Cc1c2c(O)c3c(O)c(C)c4c(c3c1O)C(=O)[C@@](C)(OC=C[C@H](OC)[C@H](C)[C@H](OC(C)=O)[C@H](C)[C@H](O)[C@H](C)[C@@H](O)[C@@H](C)C=CC=C(C)C(=O)N2)O4. The molecule has 6 N–H and O–H groups in total. The van der Waals surface area contributed by atoms with E-state index in [1.54, 1.807) is 39.8 Å². The van der Waals surface area contributed by atoms with Crippen molar-refractivity contribution in [1.29, 1.82) is 0 Å². The van der Waals surface area contributed by atoms with Gasteiger partial charge in [0.05, 0.1) is 53.0 Å². The predicted octanol–water partition coefficient (Wildman–Crippen LogP) is 6.68. The molecule has 0 aliphatic carbocycles. The fraction of sp³-hybridized carbons (Fsp3) is 0.545. The number of ether oxygens (including phenoxy) is 4. The number of benzene rings is 2. The van der Waals surface area contributed by atoms with Crippen molar-refractivity contribution in [2.24, 2.45) is 28.8 Å². The van der Waals surface area contributed by atoms with E-state index < -0.39 is 88.8 Å². The smallest absolute Gasteiger partial charge is 0.312 e. The Bertz CT molecular complexity index is 2010. The first-order chi connectivity index (χ1) is 27.8. The highest BCUT2D eigenvalue weighted by atomic mass is 16.7. The normalized spacial score (nSPS) is 28.1. The van der Waals surface area contributed by atoms with Crippen LogP contribution in [0.5, 0.6) is 23.0 Å². The molecule has 0 fully saturated rings. The summed E-state index contributed by atoms with van der Waals surface area (Å²) in [5.41, 5.74) is -0.556. The maximum absolute atomic E-state index is 14.4. The minimum Gasteiger partial charge on any atom is -0.507 e. The second-order valence-corrected chi connectivity index (χ2v) is 15.7. The Balaban J connectivity index is 1.93. The maximum Gasteiger partial charge on any atom is 0.312 e. The van der Waals surface area contributed by atoms with Crippen LogP contribution in [-0.4, -0.2) is 93.3 Å².